The molecule has 0 bridgehead atoms. The first-order chi connectivity index (χ1) is 13.6. The van der Waals surface area contributed by atoms with Crippen molar-refractivity contribution in [3.63, 3.8) is 0 Å². The molecule has 1 fully saturated rings. The molecule has 0 aliphatic heterocycles. The van der Waals surface area contributed by atoms with Gasteiger partial charge in [-0.2, -0.15) is 4.39 Å². The summed E-state index contributed by atoms with van der Waals surface area (Å²) >= 11 is 0. The molecule has 1 N–H and O–H groups in total. The van der Waals surface area contributed by atoms with Crippen LogP contribution in [0.15, 0.2) is 54.6 Å². The quantitative estimate of drug-likeness (QED) is 0.620. The topological polar surface area (TPSA) is 45.2 Å². The molecule has 0 radical (unpaired) electrons. The highest BCUT2D eigenvalue weighted by molar-refractivity contribution is 6.05. The zero-order valence-electron chi connectivity index (χ0n) is 16.0. The van der Waals surface area contributed by atoms with Crippen molar-refractivity contribution in [2.75, 3.05) is 17.3 Å². The summed E-state index contributed by atoms with van der Waals surface area (Å²) in [5.41, 5.74) is 2.25. The van der Waals surface area contributed by atoms with Crippen LogP contribution in [0.1, 0.15) is 42.5 Å². The van der Waals surface area contributed by atoms with Gasteiger partial charge in [0.2, 0.25) is 5.95 Å². The third-order valence-electron chi connectivity index (χ3n) is 5.58. The van der Waals surface area contributed by atoms with Gasteiger partial charge in [-0.3, -0.25) is 4.79 Å². The van der Waals surface area contributed by atoms with E-state index in [2.05, 4.69) is 22.2 Å². The van der Waals surface area contributed by atoms with Crippen LogP contribution in [-0.4, -0.2) is 24.0 Å². The van der Waals surface area contributed by atoms with E-state index < -0.39 is 5.95 Å². The molecule has 5 heteroatoms. The van der Waals surface area contributed by atoms with Crippen LogP contribution in [0.25, 0.3) is 10.9 Å². The van der Waals surface area contributed by atoms with Crippen LogP contribution in [0.5, 0.6) is 0 Å². The average molecular weight is 377 g/mol. The fourth-order valence-electron chi connectivity index (χ4n) is 3.90. The predicted octanol–water partition coefficient (Wildman–Crippen LogP) is 5.40. The second-order valence-corrected chi connectivity index (χ2v) is 7.42. The molecule has 1 aliphatic carbocycles. The third kappa shape index (κ3) is 3.84. The summed E-state index contributed by atoms with van der Waals surface area (Å²) in [6.07, 6.45) is 6.31. The lowest BCUT2D eigenvalue weighted by Crippen LogP contribution is -2.33. The zero-order chi connectivity index (χ0) is 19.5. The van der Waals surface area contributed by atoms with Crippen LogP contribution in [0, 0.1) is 5.95 Å². The van der Waals surface area contributed by atoms with E-state index in [0.717, 1.165) is 11.1 Å². The van der Waals surface area contributed by atoms with Gasteiger partial charge in [-0.15, -0.1) is 0 Å². The number of nitrogens with zero attached hydrogens (tertiary/aromatic N) is 2. The summed E-state index contributed by atoms with van der Waals surface area (Å²) in [4.78, 5) is 18.8. The highest BCUT2D eigenvalue weighted by Gasteiger charge is 2.19. The number of carbonyl (C=O) groups excluding carboxylic acids is 1. The molecule has 0 saturated heterocycles. The van der Waals surface area contributed by atoms with Gasteiger partial charge in [0.15, 0.2) is 0 Å². The molecule has 0 atom stereocenters. The summed E-state index contributed by atoms with van der Waals surface area (Å²) in [6.45, 7) is 0. The second kappa shape index (κ2) is 7.97. The highest BCUT2D eigenvalue weighted by atomic mass is 19.1. The average Bonchev–Trinajstić information content (AvgIpc) is 2.74. The molecule has 28 heavy (non-hydrogen) atoms. The predicted molar refractivity (Wildman–Crippen MR) is 111 cm³/mol. The van der Waals surface area contributed by atoms with Crippen molar-refractivity contribution in [2.24, 2.45) is 0 Å². The monoisotopic (exact) mass is 377 g/mol. The summed E-state index contributed by atoms with van der Waals surface area (Å²) in [5, 5.41) is 3.42. The molecule has 1 heterocycles. The SMILES string of the molecule is CN(c1ccc(C(=O)Nc2cc3ccccc3nc2F)cc1)C1CCCCC1. The first kappa shape index (κ1) is 18.4. The van der Waals surface area contributed by atoms with E-state index in [-0.39, 0.29) is 11.6 Å². The highest BCUT2D eigenvalue weighted by Crippen LogP contribution is 2.26. The minimum absolute atomic E-state index is 0.0899. The number of hydrogen-bond donors (Lipinski definition) is 1. The van der Waals surface area contributed by atoms with Gasteiger partial charge in [0.05, 0.1) is 11.2 Å². The van der Waals surface area contributed by atoms with Crippen LogP contribution in [0.3, 0.4) is 0 Å². The van der Waals surface area contributed by atoms with E-state index in [1.54, 1.807) is 30.3 Å². The van der Waals surface area contributed by atoms with Gasteiger partial charge in [0.1, 0.15) is 0 Å². The molecular formula is C23H24FN3O. The van der Waals surface area contributed by atoms with Crippen LogP contribution in [-0.2, 0) is 0 Å². The number of nitrogens with one attached hydrogen (secondary N) is 1. The molecule has 0 unspecified atom stereocenters. The lowest BCUT2D eigenvalue weighted by Gasteiger charge is -2.33. The summed E-state index contributed by atoms with van der Waals surface area (Å²) in [7, 11) is 2.11. The molecule has 4 nitrogen and oxygen atoms in total. The van der Waals surface area contributed by atoms with Crippen LogP contribution >= 0.6 is 0 Å². The van der Waals surface area contributed by atoms with Crippen LogP contribution in [0.4, 0.5) is 15.8 Å². The Hall–Kier alpha value is -2.95. The summed E-state index contributed by atoms with van der Waals surface area (Å²) in [6, 6.07) is 16.9. The molecule has 3 aromatic rings. The number of anilines is 2. The Morgan fingerprint density at radius 3 is 2.54 bits per heavy atom. The van der Waals surface area contributed by atoms with Crippen molar-refractivity contribution in [3.05, 3.63) is 66.1 Å². The van der Waals surface area contributed by atoms with E-state index in [1.807, 2.05) is 24.3 Å². The summed E-state index contributed by atoms with van der Waals surface area (Å²) in [5.74, 6) is -1.02. The minimum Gasteiger partial charge on any atom is -0.372 e. The molecule has 1 aliphatic rings. The van der Waals surface area contributed by atoms with Crippen molar-refractivity contribution >= 4 is 28.2 Å². The Morgan fingerprint density at radius 2 is 1.79 bits per heavy atom. The lowest BCUT2D eigenvalue weighted by atomic mass is 9.94. The molecule has 2 aromatic carbocycles. The van der Waals surface area contributed by atoms with Crippen LogP contribution < -0.4 is 10.2 Å². The zero-order valence-corrected chi connectivity index (χ0v) is 16.0. The largest absolute Gasteiger partial charge is 0.372 e. The van der Waals surface area contributed by atoms with Gasteiger partial charge < -0.3 is 10.2 Å². The van der Waals surface area contributed by atoms with Crippen molar-refractivity contribution in [3.8, 4) is 0 Å². The van der Waals surface area contributed by atoms with Crippen molar-refractivity contribution < 1.29 is 9.18 Å². The van der Waals surface area contributed by atoms with Gasteiger partial charge in [0.25, 0.3) is 5.91 Å². The Kier molecular flexibility index (Phi) is 5.24. The first-order valence-electron chi connectivity index (χ1n) is 9.81. The maximum absolute atomic E-state index is 14.2. The minimum atomic E-state index is -0.680. The molecule has 1 aromatic heterocycles. The molecule has 0 spiro atoms. The number of hydrogen-bond acceptors (Lipinski definition) is 3. The lowest BCUT2D eigenvalue weighted by molar-refractivity contribution is 0.102. The van der Waals surface area contributed by atoms with Crippen molar-refractivity contribution in [1.29, 1.82) is 0 Å². The van der Waals surface area contributed by atoms with Gasteiger partial charge in [-0.05, 0) is 49.2 Å². The van der Waals surface area contributed by atoms with E-state index in [1.165, 1.54) is 32.1 Å². The van der Waals surface area contributed by atoms with E-state index >= 15 is 0 Å². The van der Waals surface area contributed by atoms with E-state index in [9.17, 15) is 9.18 Å². The Bertz CT molecular complexity index is 981. The van der Waals surface area contributed by atoms with Crippen LogP contribution in [0.2, 0.25) is 0 Å². The maximum Gasteiger partial charge on any atom is 0.255 e. The number of amides is 1. The molecule has 144 valence electrons. The number of carbonyl (C=O) groups is 1. The normalized spacial score (nSPS) is 14.8. The van der Waals surface area contributed by atoms with E-state index in [4.69, 9.17) is 0 Å². The molecule has 1 saturated carbocycles. The Balaban J connectivity index is 1.48. The number of benzene rings is 2. The summed E-state index contributed by atoms with van der Waals surface area (Å²) < 4.78 is 14.2. The number of aromatic nitrogens is 1. The number of pyridine rings is 1. The standard InChI is InChI=1S/C23H24FN3O/c1-27(18-8-3-2-4-9-18)19-13-11-16(12-14-19)23(28)26-21-15-17-7-5-6-10-20(17)25-22(21)24/h5-7,10-15,18H,2-4,8-9H2,1H3,(H,26,28). The number of fused-ring (bicyclic) bond motifs is 1. The fraction of sp³-hybridized carbons (Fsp3) is 0.304. The number of para-hydroxylation sites is 1. The number of halogens is 1. The van der Waals surface area contributed by atoms with Gasteiger partial charge in [0, 0.05) is 29.7 Å². The van der Waals surface area contributed by atoms with Gasteiger partial charge in [-0.1, -0.05) is 37.5 Å². The molecule has 4 rings (SSSR count). The smallest absolute Gasteiger partial charge is 0.255 e. The molecular weight excluding hydrogens is 353 g/mol. The maximum atomic E-state index is 14.2. The van der Waals surface area contributed by atoms with Crippen molar-refractivity contribution in [2.45, 2.75) is 38.1 Å². The van der Waals surface area contributed by atoms with Gasteiger partial charge in [-0.25, -0.2) is 4.98 Å². The third-order valence-corrected chi connectivity index (χ3v) is 5.58. The Morgan fingerprint density at radius 1 is 1.07 bits per heavy atom. The van der Waals surface area contributed by atoms with Gasteiger partial charge >= 0.3 is 0 Å². The number of rotatable bonds is 4. The van der Waals surface area contributed by atoms with Crippen molar-refractivity contribution in [1.82, 2.24) is 4.98 Å². The molecule has 1 amide bonds. The first-order valence-corrected chi connectivity index (χ1v) is 9.81. The Labute approximate surface area is 164 Å². The second-order valence-electron chi connectivity index (χ2n) is 7.42. The fourth-order valence-corrected chi connectivity index (χ4v) is 3.90. The van der Waals surface area contributed by atoms with E-state index in [0.29, 0.717) is 17.1 Å².